The number of carbonyl (C=O) groups excluding carboxylic acids is 2. The zero-order chi connectivity index (χ0) is 26.2. The molecule has 0 fully saturated rings. The average Bonchev–Trinajstić information content (AvgIpc) is 2.78. The first-order chi connectivity index (χ1) is 16.3. The van der Waals surface area contributed by atoms with Crippen molar-refractivity contribution in [1.82, 2.24) is 0 Å². The molecule has 0 saturated carbocycles. The second-order valence-corrected chi connectivity index (χ2v) is 12.1. The van der Waals surface area contributed by atoms with Gasteiger partial charge in [-0.3, -0.25) is 9.80 Å². The van der Waals surface area contributed by atoms with Crippen LogP contribution in [-0.4, -0.2) is 83.1 Å². The molecule has 2 aromatic carbocycles. The van der Waals surface area contributed by atoms with Crippen LogP contribution in [0.3, 0.4) is 0 Å². The van der Waals surface area contributed by atoms with Crippen LogP contribution in [0.15, 0.2) is 48.5 Å². The zero-order valence-corrected chi connectivity index (χ0v) is 20.7. The predicted molar refractivity (Wildman–Crippen MR) is 128 cm³/mol. The van der Waals surface area contributed by atoms with E-state index in [-0.39, 0.29) is 11.5 Å². The fourth-order valence-corrected chi connectivity index (χ4v) is 6.47. The fourth-order valence-electron chi connectivity index (χ4n) is 2.66. The molecule has 12 nitrogen and oxygen atoms in total. The largest absolute Gasteiger partial charge is 0.508 e. The van der Waals surface area contributed by atoms with Crippen LogP contribution in [0.25, 0.3) is 0 Å². The first-order valence-electron chi connectivity index (χ1n) is 10.1. The van der Waals surface area contributed by atoms with Crippen molar-refractivity contribution < 1.29 is 46.1 Å². The van der Waals surface area contributed by atoms with Gasteiger partial charge in [0.2, 0.25) is 0 Å². The van der Waals surface area contributed by atoms with Gasteiger partial charge in [0, 0.05) is 25.5 Å². The van der Waals surface area contributed by atoms with Gasteiger partial charge in [-0.15, -0.1) is 0 Å². The number of aromatic hydroxyl groups is 2. The van der Waals surface area contributed by atoms with Crippen LogP contribution >= 0.6 is 0 Å². The molecule has 2 aromatic rings. The molecule has 2 rings (SSSR count). The molecule has 0 aromatic heterocycles. The molecule has 0 aliphatic rings. The number of amides is 2. The Morgan fingerprint density at radius 2 is 1.00 bits per heavy atom. The highest BCUT2D eigenvalue weighted by molar-refractivity contribution is 8.08. The van der Waals surface area contributed by atoms with Crippen LogP contribution in [-0.2, 0) is 29.1 Å². The first-order valence-corrected chi connectivity index (χ1v) is 13.7. The number of sulfone groups is 2. The Hall–Kier alpha value is -3.52. The average molecular weight is 531 g/mol. The molecule has 0 spiro atoms. The van der Waals surface area contributed by atoms with Crippen molar-refractivity contribution in [1.29, 1.82) is 0 Å². The molecule has 0 radical (unpaired) electrons. The van der Waals surface area contributed by atoms with E-state index >= 15 is 0 Å². The van der Waals surface area contributed by atoms with Crippen LogP contribution in [0, 0.1) is 0 Å². The summed E-state index contributed by atoms with van der Waals surface area (Å²) in [6.07, 6.45) is -1.73. The molecule has 0 atom stereocenters. The van der Waals surface area contributed by atoms with Crippen molar-refractivity contribution in [3.63, 3.8) is 0 Å². The van der Waals surface area contributed by atoms with E-state index in [2.05, 4.69) is 0 Å². The molecular formula is C21H26N2O10S2. The Morgan fingerprint density at radius 3 is 1.31 bits per heavy atom. The van der Waals surface area contributed by atoms with Crippen LogP contribution in [0.1, 0.15) is 0 Å². The Labute approximate surface area is 203 Å². The minimum absolute atomic E-state index is 0.00180. The van der Waals surface area contributed by atoms with Crippen molar-refractivity contribution in [2.75, 3.05) is 53.7 Å². The number of rotatable bonds is 10. The Balaban J connectivity index is 1.78. The van der Waals surface area contributed by atoms with Crippen molar-refractivity contribution in [2.45, 2.75) is 0 Å². The van der Waals surface area contributed by atoms with Crippen LogP contribution in [0.4, 0.5) is 21.0 Å². The molecule has 0 heterocycles. The number of nitrogens with zero attached hydrogens (tertiary/aromatic N) is 2. The highest BCUT2D eigenvalue weighted by atomic mass is 32.3. The van der Waals surface area contributed by atoms with E-state index < -0.39 is 61.7 Å². The standard InChI is InChI=1S/C21H26N2O10S2/c1-22(16-3-7-18(24)8-4-16)20(26)32-11-13-34(28,29)15-35(30,31)14-12-33-21(27)23(2)17-5-9-19(25)10-6-17/h3-10,24-25H,11-15H2,1-2H3. The molecule has 14 heteroatoms. The summed E-state index contributed by atoms with van der Waals surface area (Å²) >= 11 is 0. The summed E-state index contributed by atoms with van der Waals surface area (Å²) in [4.78, 5) is 26.3. The molecule has 2 N–H and O–H groups in total. The summed E-state index contributed by atoms with van der Waals surface area (Å²) in [5.74, 6) is -1.43. The highest BCUT2D eigenvalue weighted by Crippen LogP contribution is 2.19. The van der Waals surface area contributed by atoms with Crippen LogP contribution < -0.4 is 9.80 Å². The molecule has 192 valence electrons. The Kier molecular flexibility index (Phi) is 9.31. The third kappa shape index (κ3) is 8.98. The maximum absolute atomic E-state index is 12.2. The predicted octanol–water partition coefficient (Wildman–Crippen LogP) is 1.73. The van der Waals surface area contributed by atoms with Gasteiger partial charge in [0.25, 0.3) is 0 Å². The van der Waals surface area contributed by atoms with E-state index in [1.807, 2.05) is 0 Å². The lowest BCUT2D eigenvalue weighted by Crippen LogP contribution is -2.31. The number of phenols is 2. The number of hydrogen-bond donors (Lipinski definition) is 2. The SMILES string of the molecule is CN(C(=O)OCCS(=O)(=O)CS(=O)(=O)CCOC(=O)N(C)c1ccc(O)cc1)c1ccc(O)cc1. The van der Waals surface area contributed by atoms with Gasteiger partial charge in [-0.2, -0.15) is 0 Å². The normalized spacial score (nSPS) is 11.5. The van der Waals surface area contributed by atoms with Crippen molar-refractivity contribution >= 4 is 43.2 Å². The number of carbonyl (C=O) groups is 2. The van der Waals surface area contributed by atoms with Gasteiger partial charge in [0.05, 0.1) is 11.5 Å². The molecule has 35 heavy (non-hydrogen) atoms. The monoisotopic (exact) mass is 530 g/mol. The molecular weight excluding hydrogens is 504 g/mol. The van der Waals surface area contributed by atoms with E-state index in [9.17, 15) is 36.6 Å². The lowest BCUT2D eigenvalue weighted by Gasteiger charge is -2.17. The van der Waals surface area contributed by atoms with E-state index in [0.29, 0.717) is 11.4 Å². The summed E-state index contributed by atoms with van der Waals surface area (Å²) in [7, 11) is -5.51. The second-order valence-electron chi connectivity index (χ2n) is 7.39. The van der Waals surface area contributed by atoms with Crippen molar-refractivity contribution in [3.8, 4) is 11.5 Å². The number of ether oxygens (including phenoxy) is 2. The van der Waals surface area contributed by atoms with Gasteiger partial charge in [-0.1, -0.05) is 0 Å². The van der Waals surface area contributed by atoms with E-state index in [1.54, 1.807) is 0 Å². The minimum Gasteiger partial charge on any atom is -0.508 e. The van der Waals surface area contributed by atoms with Crippen molar-refractivity contribution in [3.05, 3.63) is 48.5 Å². The van der Waals surface area contributed by atoms with Gasteiger partial charge < -0.3 is 19.7 Å². The summed E-state index contributed by atoms with van der Waals surface area (Å²) in [6, 6.07) is 11.2. The van der Waals surface area contributed by atoms with Gasteiger partial charge in [0.15, 0.2) is 24.8 Å². The molecule has 0 saturated heterocycles. The van der Waals surface area contributed by atoms with E-state index in [4.69, 9.17) is 9.47 Å². The smallest absolute Gasteiger partial charge is 0.414 e. The van der Waals surface area contributed by atoms with Crippen LogP contribution in [0.5, 0.6) is 11.5 Å². The first kappa shape index (κ1) is 27.7. The summed E-state index contributed by atoms with van der Waals surface area (Å²) in [6.45, 7) is -1.13. The summed E-state index contributed by atoms with van der Waals surface area (Å²) in [5, 5.41) is 17.4. The number of phenolic OH excluding ortho intramolecular Hbond substituents is 2. The third-order valence-corrected chi connectivity index (χ3v) is 9.07. The maximum Gasteiger partial charge on any atom is 0.414 e. The van der Waals surface area contributed by atoms with Crippen LogP contribution in [0.2, 0.25) is 0 Å². The fraction of sp³-hybridized carbons (Fsp3) is 0.333. The number of hydrogen-bond acceptors (Lipinski definition) is 10. The van der Waals surface area contributed by atoms with Crippen molar-refractivity contribution in [2.24, 2.45) is 0 Å². The maximum atomic E-state index is 12.2. The topological polar surface area (TPSA) is 168 Å². The lowest BCUT2D eigenvalue weighted by molar-refractivity contribution is 0.161. The van der Waals surface area contributed by atoms with Gasteiger partial charge in [-0.25, -0.2) is 26.4 Å². The molecule has 0 aliphatic carbocycles. The van der Waals surface area contributed by atoms with Gasteiger partial charge >= 0.3 is 12.2 Å². The van der Waals surface area contributed by atoms with E-state index in [1.165, 1.54) is 62.6 Å². The minimum atomic E-state index is -4.14. The lowest BCUT2D eigenvalue weighted by atomic mass is 10.3. The number of anilines is 2. The Morgan fingerprint density at radius 1 is 0.686 bits per heavy atom. The molecule has 2 amide bonds. The summed E-state index contributed by atoms with van der Waals surface area (Å²) in [5.41, 5.74) is 0.785. The summed E-state index contributed by atoms with van der Waals surface area (Å²) < 4.78 is 58.5. The number of benzene rings is 2. The zero-order valence-electron chi connectivity index (χ0n) is 19.0. The van der Waals surface area contributed by atoms with Gasteiger partial charge in [0.1, 0.15) is 24.7 Å². The molecule has 0 unspecified atom stereocenters. The Bertz CT molecular complexity index is 1130. The highest BCUT2D eigenvalue weighted by Gasteiger charge is 2.24. The second kappa shape index (κ2) is 11.8. The molecule has 0 aliphatic heterocycles. The quantitative estimate of drug-likeness (QED) is 0.461. The van der Waals surface area contributed by atoms with E-state index in [0.717, 1.165) is 9.80 Å². The van der Waals surface area contributed by atoms with Gasteiger partial charge in [-0.05, 0) is 48.5 Å². The third-order valence-electron chi connectivity index (χ3n) is 4.62. The molecule has 0 bridgehead atoms.